The maximum absolute atomic E-state index is 11.9. The van der Waals surface area contributed by atoms with Gasteiger partial charge in [-0.3, -0.25) is 9.59 Å². The zero-order valence-electron chi connectivity index (χ0n) is 9.48. The molecule has 4 N–H and O–H groups in total. The van der Waals surface area contributed by atoms with E-state index in [2.05, 4.69) is 0 Å². The first-order valence-electron chi connectivity index (χ1n) is 5.55. The molecule has 5 heteroatoms. The SMILES string of the molecule is NC(=O)CC(=O)N1CCCc2c(N)cccc21. The fourth-order valence-electron chi connectivity index (χ4n) is 2.16. The number of carbonyl (C=O) groups is 2. The smallest absolute Gasteiger partial charge is 0.236 e. The third-order valence-electron chi connectivity index (χ3n) is 2.91. The van der Waals surface area contributed by atoms with Crippen LogP contribution in [0, 0.1) is 0 Å². The number of primary amides is 1. The Bertz CT molecular complexity index is 471. The normalized spacial score (nSPS) is 14.2. The molecule has 0 radical (unpaired) electrons. The number of hydrogen-bond donors (Lipinski definition) is 2. The van der Waals surface area contributed by atoms with Crippen molar-refractivity contribution >= 4 is 23.2 Å². The Labute approximate surface area is 99.4 Å². The van der Waals surface area contributed by atoms with Crippen molar-refractivity contribution in [3.63, 3.8) is 0 Å². The second-order valence-corrected chi connectivity index (χ2v) is 4.14. The van der Waals surface area contributed by atoms with E-state index in [0.717, 1.165) is 24.1 Å². The highest BCUT2D eigenvalue weighted by Crippen LogP contribution is 2.31. The number of nitrogens with zero attached hydrogens (tertiary/aromatic N) is 1. The van der Waals surface area contributed by atoms with Gasteiger partial charge in [0, 0.05) is 17.9 Å². The molecule has 0 fully saturated rings. The summed E-state index contributed by atoms with van der Waals surface area (Å²) in [6, 6.07) is 5.48. The van der Waals surface area contributed by atoms with Crippen molar-refractivity contribution in [1.82, 2.24) is 0 Å². The number of nitrogens with two attached hydrogens (primary N) is 2. The molecule has 0 spiro atoms. The molecule has 17 heavy (non-hydrogen) atoms. The van der Waals surface area contributed by atoms with Crippen LogP contribution in [0.25, 0.3) is 0 Å². The summed E-state index contributed by atoms with van der Waals surface area (Å²) in [5, 5.41) is 0. The molecule has 1 aliphatic rings. The molecule has 0 atom stereocenters. The molecule has 0 saturated heterocycles. The van der Waals surface area contributed by atoms with Gasteiger partial charge in [0.1, 0.15) is 6.42 Å². The summed E-state index contributed by atoms with van der Waals surface area (Å²) < 4.78 is 0. The van der Waals surface area contributed by atoms with E-state index in [0.29, 0.717) is 12.2 Å². The third kappa shape index (κ3) is 2.22. The van der Waals surface area contributed by atoms with Gasteiger partial charge >= 0.3 is 0 Å². The topological polar surface area (TPSA) is 89.4 Å². The highest BCUT2D eigenvalue weighted by atomic mass is 16.2. The molecular weight excluding hydrogens is 218 g/mol. The average Bonchev–Trinajstić information content (AvgIpc) is 2.28. The molecular formula is C12H15N3O2. The first-order valence-corrected chi connectivity index (χ1v) is 5.55. The predicted molar refractivity (Wildman–Crippen MR) is 65.3 cm³/mol. The highest BCUT2D eigenvalue weighted by molar-refractivity contribution is 6.05. The lowest BCUT2D eigenvalue weighted by Crippen LogP contribution is -2.37. The minimum atomic E-state index is -0.606. The second-order valence-electron chi connectivity index (χ2n) is 4.14. The Morgan fingerprint density at radius 1 is 1.35 bits per heavy atom. The van der Waals surface area contributed by atoms with Crippen LogP contribution in [0.2, 0.25) is 0 Å². The Kier molecular flexibility index (Phi) is 2.99. The van der Waals surface area contributed by atoms with Gasteiger partial charge in [-0.05, 0) is 30.5 Å². The number of rotatable bonds is 2. The van der Waals surface area contributed by atoms with Crippen LogP contribution in [0.5, 0.6) is 0 Å². The van der Waals surface area contributed by atoms with Gasteiger partial charge < -0.3 is 16.4 Å². The van der Waals surface area contributed by atoms with E-state index in [1.54, 1.807) is 4.90 Å². The van der Waals surface area contributed by atoms with Crippen LogP contribution in [0.4, 0.5) is 11.4 Å². The molecule has 0 unspecified atom stereocenters. The van der Waals surface area contributed by atoms with Crippen LogP contribution < -0.4 is 16.4 Å². The molecule has 0 aliphatic carbocycles. The molecule has 0 bridgehead atoms. The first-order chi connectivity index (χ1) is 8.09. The minimum Gasteiger partial charge on any atom is -0.398 e. The molecule has 1 aliphatic heterocycles. The Balaban J connectivity index is 2.32. The molecule has 1 aromatic rings. The van der Waals surface area contributed by atoms with Crippen molar-refractivity contribution in [3.8, 4) is 0 Å². The summed E-state index contributed by atoms with van der Waals surface area (Å²) in [5.74, 6) is -0.866. The zero-order valence-corrected chi connectivity index (χ0v) is 9.48. The number of carbonyl (C=O) groups excluding carboxylic acids is 2. The van der Waals surface area contributed by atoms with Gasteiger partial charge in [0.05, 0.1) is 0 Å². The van der Waals surface area contributed by atoms with Gasteiger partial charge in [0.2, 0.25) is 11.8 Å². The molecule has 2 amide bonds. The van der Waals surface area contributed by atoms with Gasteiger partial charge in [-0.1, -0.05) is 6.07 Å². The van der Waals surface area contributed by atoms with Crippen LogP contribution >= 0.6 is 0 Å². The zero-order chi connectivity index (χ0) is 12.4. The third-order valence-corrected chi connectivity index (χ3v) is 2.91. The largest absolute Gasteiger partial charge is 0.398 e. The van der Waals surface area contributed by atoms with E-state index in [1.807, 2.05) is 18.2 Å². The van der Waals surface area contributed by atoms with Gasteiger partial charge in [-0.25, -0.2) is 0 Å². The molecule has 90 valence electrons. The fraction of sp³-hybridized carbons (Fsp3) is 0.333. The number of anilines is 2. The van der Waals surface area contributed by atoms with Crippen LogP contribution in [-0.4, -0.2) is 18.4 Å². The number of benzene rings is 1. The molecule has 5 nitrogen and oxygen atoms in total. The summed E-state index contributed by atoms with van der Waals surface area (Å²) in [4.78, 5) is 24.2. The van der Waals surface area contributed by atoms with Gasteiger partial charge in [-0.2, -0.15) is 0 Å². The van der Waals surface area contributed by atoms with Crippen LogP contribution in [0.1, 0.15) is 18.4 Å². The van der Waals surface area contributed by atoms with E-state index < -0.39 is 5.91 Å². The lowest BCUT2D eigenvalue weighted by Gasteiger charge is -2.30. The Morgan fingerprint density at radius 2 is 2.12 bits per heavy atom. The lowest BCUT2D eigenvalue weighted by molar-refractivity contribution is -0.126. The summed E-state index contributed by atoms with van der Waals surface area (Å²) in [6.45, 7) is 0.614. The number of fused-ring (bicyclic) bond motifs is 1. The fourth-order valence-corrected chi connectivity index (χ4v) is 2.16. The monoisotopic (exact) mass is 233 g/mol. The molecule has 0 saturated carbocycles. The summed E-state index contributed by atoms with van der Waals surface area (Å²) in [6.07, 6.45) is 1.46. The van der Waals surface area contributed by atoms with Crippen LogP contribution in [0.15, 0.2) is 18.2 Å². The van der Waals surface area contributed by atoms with E-state index in [1.165, 1.54) is 0 Å². The van der Waals surface area contributed by atoms with Crippen molar-refractivity contribution in [2.45, 2.75) is 19.3 Å². The quantitative estimate of drug-likeness (QED) is 0.573. The second kappa shape index (κ2) is 4.45. The van der Waals surface area contributed by atoms with Crippen molar-refractivity contribution < 1.29 is 9.59 Å². The number of nitrogen functional groups attached to an aromatic ring is 1. The highest BCUT2D eigenvalue weighted by Gasteiger charge is 2.24. The Morgan fingerprint density at radius 3 is 2.82 bits per heavy atom. The van der Waals surface area contributed by atoms with E-state index >= 15 is 0 Å². The molecule has 2 rings (SSSR count). The molecule has 0 aromatic heterocycles. The van der Waals surface area contributed by atoms with Gasteiger partial charge in [0.15, 0.2) is 0 Å². The van der Waals surface area contributed by atoms with E-state index in [4.69, 9.17) is 11.5 Å². The standard InChI is InChI=1S/C12H15N3O2/c13-9-4-1-5-10-8(9)3-2-6-15(10)12(17)7-11(14)16/h1,4-5H,2-3,6-7,13H2,(H2,14,16). The maximum atomic E-state index is 11.9. The van der Waals surface area contributed by atoms with Crippen LogP contribution in [0.3, 0.4) is 0 Å². The molecule has 1 heterocycles. The maximum Gasteiger partial charge on any atom is 0.236 e. The summed E-state index contributed by atoms with van der Waals surface area (Å²) >= 11 is 0. The summed E-state index contributed by atoms with van der Waals surface area (Å²) in [5.41, 5.74) is 13.4. The van der Waals surface area contributed by atoms with Crippen molar-refractivity contribution in [3.05, 3.63) is 23.8 Å². The Hall–Kier alpha value is -2.04. The van der Waals surface area contributed by atoms with Gasteiger partial charge in [-0.15, -0.1) is 0 Å². The first kappa shape index (κ1) is 11.4. The number of amides is 2. The average molecular weight is 233 g/mol. The van der Waals surface area contributed by atoms with Crippen molar-refractivity contribution in [2.75, 3.05) is 17.2 Å². The van der Waals surface area contributed by atoms with Crippen molar-refractivity contribution in [1.29, 1.82) is 0 Å². The van der Waals surface area contributed by atoms with Gasteiger partial charge in [0.25, 0.3) is 0 Å². The predicted octanol–water partition coefficient (Wildman–Crippen LogP) is 0.423. The minimum absolute atomic E-state index is 0.256. The van der Waals surface area contributed by atoms with E-state index in [9.17, 15) is 9.59 Å². The molecule has 1 aromatic carbocycles. The van der Waals surface area contributed by atoms with E-state index in [-0.39, 0.29) is 12.3 Å². The van der Waals surface area contributed by atoms with Crippen molar-refractivity contribution in [2.24, 2.45) is 5.73 Å². The van der Waals surface area contributed by atoms with Crippen LogP contribution in [-0.2, 0) is 16.0 Å². The summed E-state index contributed by atoms with van der Waals surface area (Å²) in [7, 11) is 0. The lowest BCUT2D eigenvalue weighted by atomic mass is 9.99. The number of hydrogen-bond acceptors (Lipinski definition) is 3.